The molecule has 2 heterocycles. The highest BCUT2D eigenvalue weighted by molar-refractivity contribution is 5.70. The summed E-state index contributed by atoms with van der Waals surface area (Å²) >= 11 is 0. The van der Waals surface area contributed by atoms with Gasteiger partial charge in [0.2, 0.25) is 0 Å². The van der Waals surface area contributed by atoms with Gasteiger partial charge < -0.3 is 0 Å². The predicted molar refractivity (Wildman–Crippen MR) is 47.6 cm³/mol. The van der Waals surface area contributed by atoms with E-state index in [0.29, 0.717) is 25.1 Å². The summed E-state index contributed by atoms with van der Waals surface area (Å²) in [4.78, 5) is 10.3. The summed E-state index contributed by atoms with van der Waals surface area (Å²) in [6, 6.07) is 1.86. The fourth-order valence-corrected chi connectivity index (χ4v) is 1.11. The Morgan fingerprint density at radius 1 is 1.36 bits per heavy atom. The van der Waals surface area contributed by atoms with Crippen LogP contribution < -0.4 is 0 Å². The molecule has 0 fully saturated rings. The van der Waals surface area contributed by atoms with Crippen LogP contribution in [0.5, 0.6) is 0 Å². The first-order chi connectivity index (χ1) is 6.88. The van der Waals surface area contributed by atoms with E-state index in [1.54, 1.807) is 21.8 Å². The third-order valence-electron chi connectivity index (χ3n) is 1.79. The summed E-state index contributed by atoms with van der Waals surface area (Å²) in [6.45, 7) is 1.37. The van der Waals surface area contributed by atoms with Crippen molar-refractivity contribution in [2.24, 2.45) is 0 Å². The minimum atomic E-state index is 0.352. The molecule has 2 aromatic heterocycles. The van der Waals surface area contributed by atoms with E-state index in [9.17, 15) is 4.79 Å². The third-order valence-corrected chi connectivity index (χ3v) is 1.79. The molecule has 14 heavy (non-hydrogen) atoms. The van der Waals surface area contributed by atoms with Gasteiger partial charge in [-0.2, -0.15) is 5.10 Å². The van der Waals surface area contributed by atoms with Crippen LogP contribution in [0.1, 0.15) is 10.5 Å². The molecule has 72 valence electrons. The average molecular weight is 191 g/mol. The van der Waals surface area contributed by atoms with Crippen LogP contribution in [-0.2, 0) is 13.1 Å². The van der Waals surface area contributed by atoms with Gasteiger partial charge in [-0.15, -0.1) is 5.10 Å². The van der Waals surface area contributed by atoms with Crippen molar-refractivity contribution in [2.75, 3.05) is 0 Å². The number of carbonyl (C=O) groups excluding carboxylic acids is 1. The van der Waals surface area contributed by atoms with Crippen molar-refractivity contribution in [1.29, 1.82) is 0 Å². The van der Waals surface area contributed by atoms with Gasteiger partial charge in [0.1, 0.15) is 5.69 Å². The molecule has 0 radical (unpaired) electrons. The quantitative estimate of drug-likeness (QED) is 0.637. The Balaban J connectivity index is 1.95. The molecule has 0 aliphatic heterocycles. The second-order valence-corrected chi connectivity index (χ2v) is 2.79. The number of hydrogen-bond donors (Lipinski definition) is 0. The highest BCUT2D eigenvalue weighted by atomic mass is 16.1. The van der Waals surface area contributed by atoms with Gasteiger partial charge in [-0.3, -0.25) is 9.48 Å². The van der Waals surface area contributed by atoms with Crippen LogP contribution in [0.4, 0.5) is 0 Å². The highest BCUT2D eigenvalue weighted by Crippen LogP contribution is 1.91. The van der Waals surface area contributed by atoms with Gasteiger partial charge in [-0.1, -0.05) is 5.21 Å². The van der Waals surface area contributed by atoms with E-state index >= 15 is 0 Å². The fourth-order valence-electron chi connectivity index (χ4n) is 1.11. The van der Waals surface area contributed by atoms with E-state index in [2.05, 4.69) is 15.4 Å². The van der Waals surface area contributed by atoms with Crippen LogP contribution in [0.25, 0.3) is 0 Å². The number of rotatable bonds is 4. The Hall–Kier alpha value is -1.98. The van der Waals surface area contributed by atoms with Crippen molar-refractivity contribution in [3.63, 3.8) is 0 Å². The zero-order valence-electron chi connectivity index (χ0n) is 7.45. The minimum Gasteiger partial charge on any atom is -0.296 e. The van der Waals surface area contributed by atoms with E-state index < -0.39 is 0 Å². The molecule has 0 N–H and O–H groups in total. The molecule has 6 heteroatoms. The molecule has 2 rings (SSSR count). The predicted octanol–water partition coefficient (Wildman–Crippen LogP) is -0.0127. The zero-order chi connectivity index (χ0) is 9.80. The smallest absolute Gasteiger partial charge is 0.171 e. The Morgan fingerprint density at radius 3 is 2.86 bits per heavy atom. The average Bonchev–Trinajstić information content (AvgIpc) is 2.86. The molecule has 0 saturated heterocycles. The topological polar surface area (TPSA) is 65.6 Å². The van der Waals surface area contributed by atoms with Crippen molar-refractivity contribution in [3.8, 4) is 0 Å². The lowest BCUT2D eigenvalue weighted by Crippen LogP contribution is -2.08. The van der Waals surface area contributed by atoms with E-state index in [4.69, 9.17) is 0 Å². The number of aromatic nitrogens is 5. The maximum absolute atomic E-state index is 10.3. The summed E-state index contributed by atoms with van der Waals surface area (Å²) in [5, 5.41) is 11.5. The lowest BCUT2D eigenvalue weighted by Gasteiger charge is -1.99. The lowest BCUT2D eigenvalue weighted by atomic mass is 10.5. The van der Waals surface area contributed by atoms with Gasteiger partial charge in [0, 0.05) is 12.4 Å². The summed E-state index contributed by atoms with van der Waals surface area (Å²) in [5.74, 6) is 0. The number of carbonyl (C=O) groups is 1. The molecule has 6 nitrogen and oxygen atoms in total. The second-order valence-electron chi connectivity index (χ2n) is 2.79. The van der Waals surface area contributed by atoms with E-state index in [-0.39, 0.29) is 0 Å². The summed E-state index contributed by atoms with van der Waals surface area (Å²) in [6.07, 6.45) is 5.88. The Labute approximate surface area is 80.1 Å². The van der Waals surface area contributed by atoms with E-state index in [1.807, 2.05) is 12.3 Å². The van der Waals surface area contributed by atoms with Crippen molar-refractivity contribution in [3.05, 3.63) is 30.4 Å². The van der Waals surface area contributed by atoms with Gasteiger partial charge >= 0.3 is 0 Å². The molecular weight excluding hydrogens is 182 g/mol. The molecule has 2 aromatic rings. The molecule has 0 aliphatic carbocycles. The van der Waals surface area contributed by atoms with Gasteiger partial charge in [-0.25, -0.2) is 4.68 Å². The maximum atomic E-state index is 10.3. The van der Waals surface area contributed by atoms with Gasteiger partial charge in [-0.05, 0) is 6.07 Å². The molecule has 0 atom stereocenters. The zero-order valence-corrected chi connectivity index (χ0v) is 7.45. The van der Waals surface area contributed by atoms with Crippen molar-refractivity contribution < 1.29 is 4.79 Å². The summed E-state index contributed by atoms with van der Waals surface area (Å²) in [5.41, 5.74) is 0.352. The third kappa shape index (κ3) is 1.85. The number of aryl methyl sites for hydroxylation is 2. The lowest BCUT2D eigenvalue weighted by molar-refractivity contribution is 0.111. The Kier molecular flexibility index (Phi) is 2.35. The van der Waals surface area contributed by atoms with E-state index in [1.165, 1.54) is 0 Å². The van der Waals surface area contributed by atoms with Crippen molar-refractivity contribution >= 4 is 6.29 Å². The van der Waals surface area contributed by atoms with Gasteiger partial charge in [0.25, 0.3) is 0 Å². The molecule has 0 bridgehead atoms. The first kappa shape index (κ1) is 8.61. The standard InChI is InChI=1S/C8H9N5O/c14-7-8-6-13(11-10-8)5-4-12-3-1-2-9-12/h1-3,6-7H,4-5H2. The SMILES string of the molecule is O=Cc1cn(CCn2cccn2)nn1. The highest BCUT2D eigenvalue weighted by Gasteiger charge is 1.98. The fraction of sp³-hybridized carbons (Fsp3) is 0.250. The molecule has 0 saturated carbocycles. The first-order valence-corrected chi connectivity index (χ1v) is 4.21. The summed E-state index contributed by atoms with van der Waals surface area (Å²) in [7, 11) is 0. The Bertz CT molecular complexity index is 405. The largest absolute Gasteiger partial charge is 0.296 e. The summed E-state index contributed by atoms with van der Waals surface area (Å²) < 4.78 is 3.41. The molecule has 0 spiro atoms. The molecular formula is C8H9N5O. The van der Waals surface area contributed by atoms with Crippen LogP contribution in [-0.4, -0.2) is 31.1 Å². The minimum absolute atomic E-state index is 0.352. The van der Waals surface area contributed by atoms with Crippen molar-refractivity contribution in [2.45, 2.75) is 13.1 Å². The monoisotopic (exact) mass is 191 g/mol. The number of aldehydes is 1. The van der Waals surface area contributed by atoms with Crippen LogP contribution in [0.3, 0.4) is 0 Å². The van der Waals surface area contributed by atoms with Gasteiger partial charge in [0.15, 0.2) is 6.29 Å². The van der Waals surface area contributed by atoms with Crippen LogP contribution >= 0.6 is 0 Å². The second kappa shape index (κ2) is 3.82. The van der Waals surface area contributed by atoms with E-state index in [0.717, 1.165) is 0 Å². The number of nitrogens with zero attached hydrogens (tertiary/aromatic N) is 5. The first-order valence-electron chi connectivity index (χ1n) is 4.21. The van der Waals surface area contributed by atoms with Crippen LogP contribution in [0.2, 0.25) is 0 Å². The molecule has 0 aliphatic rings. The number of hydrogen-bond acceptors (Lipinski definition) is 4. The van der Waals surface area contributed by atoms with Gasteiger partial charge in [0.05, 0.1) is 19.3 Å². The van der Waals surface area contributed by atoms with Crippen LogP contribution in [0.15, 0.2) is 24.7 Å². The molecule has 0 aromatic carbocycles. The Morgan fingerprint density at radius 2 is 2.21 bits per heavy atom. The maximum Gasteiger partial charge on any atom is 0.171 e. The molecule has 0 unspecified atom stereocenters. The molecule has 0 amide bonds. The van der Waals surface area contributed by atoms with Crippen molar-refractivity contribution in [1.82, 2.24) is 24.8 Å². The normalized spacial score (nSPS) is 10.3. The van der Waals surface area contributed by atoms with Crippen LogP contribution in [0, 0.1) is 0 Å².